The summed E-state index contributed by atoms with van der Waals surface area (Å²) in [4.78, 5) is 2.23. The molecule has 1 aliphatic rings. The average Bonchev–Trinajstić information content (AvgIpc) is 2.80. The fourth-order valence-electron chi connectivity index (χ4n) is 2.69. The molecule has 1 saturated heterocycles. The maximum absolute atomic E-state index is 10.2. The summed E-state index contributed by atoms with van der Waals surface area (Å²) in [5.41, 5.74) is 0.302. The Hall–Kier alpha value is -0.910. The Kier molecular flexibility index (Phi) is 4.60. The molecule has 5 heteroatoms. The van der Waals surface area contributed by atoms with E-state index >= 15 is 0 Å². The standard InChI is InChI=1S/C14H25N3O2/c1-3-14(19)5-8-16(11-13(14)18)6-4-7-17-10-12(2)9-15-17/h9-10,13,18-19H,3-8,11H2,1-2H3/t13-,14-/m1/s1. The molecule has 0 saturated carbocycles. The van der Waals surface area contributed by atoms with Gasteiger partial charge in [0.05, 0.1) is 17.9 Å². The number of hydrogen-bond acceptors (Lipinski definition) is 4. The van der Waals surface area contributed by atoms with E-state index in [0.29, 0.717) is 19.4 Å². The lowest BCUT2D eigenvalue weighted by molar-refractivity contribution is -0.120. The molecule has 2 heterocycles. The molecule has 1 aromatic heterocycles. The minimum absolute atomic E-state index is 0.572. The smallest absolute Gasteiger partial charge is 0.0953 e. The predicted molar refractivity (Wildman–Crippen MR) is 73.9 cm³/mol. The minimum atomic E-state index is -0.879. The first kappa shape index (κ1) is 14.5. The zero-order valence-electron chi connectivity index (χ0n) is 11.9. The molecule has 2 N–H and O–H groups in total. The molecule has 1 aliphatic heterocycles. The molecule has 5 nitrogen and oxygen atoms in total. The fraction of sp³-hybridized carbons (Fsp3) is 0.786. The van der Waals surface area contributed by atoms with Crippen LogP contribution < -0.4 is 0 Å². The van der Waals surface area contributed by atoms with Crippen molar-refractivity contribution in [2.24, 2.45) is 0 Å². The summed E-state index contributed by atoms with van der Waals surface area (Å²) in [7, 11) is 0. The molecule has 19 heavy (non-hydrogen) atoms. The number of β-amino-alcohol motifs (C(OH)–C–C–N with tert-alkyl or cyclic N) is 1. The Balaban J connectivity index is 1.73. The van der Waals surface area contributed by atoms with Crippen molar-refractivity contribution in [3.05, 3.63) is 18.0 Å². The Bertz CT molecular complexity index is 407. The SMILES string of the molecule is CC[C@@]1(O)CCN(CCCn2cc(C)cn2)C[C@H]1O. The Labute approximate surface area is 114 Å². The van der Waals surface area contributed by atoms with E-state index in [-0.39, 0.29) is 0 Å². The monoisotopic (exact) mass is 267 g/mol. The van der Waals surface area contributed by atoms with Gasteiger partial charge in [-0.15, -0.1) is 0 Å². The van der Waals surface area contributed by atoms with Gasteiger partial charge < -0.3 is 15.1 Å². The highest BCUT2D eigenvalue weighted by molar-refractivity contribution is 4.99. The number of rotatable bonds is 5. The van der Waals surface area contributed by atoms with Gasteiger partial charge >= 0.3 is 0 Å². The summed E-state index contributed by atoms with van der Waals surface area (Å²) < 4.78 is 1.96. The van der Waals surface area contributed by atoms with Gasteiger partial charge in [-0.05, 0) is 31.7 Å². The number of aryl methyl sites for hydroxylation is 2. The lowest BCUT2D eigenvalue weighted by Crippen LogP contribution is -2.55. The van der Waals surface area contributed by atoms with E-state index in [4.69, 9.17) is 0 Å². The van der Waals surface area contributed by atoms with Crippen LogP contribution in [0.5, 0.6) is 0 Å². The molecule has 1 aromatic rings. The molecule has 0 spiro atoms. The lowest BCUT2D eigenvalue weighted by Gasteiger charge is -2.41. The number of nitrogens with zero attached hydrogens (tertiary/aromatic N) is 3. The highest BCUT2D eigenvalue weighted by Gasteiger charge is 2.38. The van der Waals surface area contributed by atoms with Gasteiger partial charge in [-0.3, -0.25) is 4.68 Å². The number of aromatic nitrogens is 2. The third-order valence-corrected chi connectivity index (χ3v) is 4.15. The quantitative estimate of drug-likeness (QED) is 0.828. The maximum Gasteiger partial charge on any atom is 0.0953 e. The van der Waals surface area contributed by atoms with Gasteiger partial charge in [0.1, 0.15) is 0 Å². The first-order valence-electron chi connectivity index (χ1n) is 7.15. The second-order valence-corrected chi connectivity index (χ2v) is 5.66. The number of aliphatic hydroxyl groups excluding tert-OH is 1. The van der Waals surface area contributed by atoms with E-state index in [0.717, 1.165) is 26.1 Å². The van der Waals surface area contributed by atoms with Gasteiger partial charge in [0, 0.05) is 32.4 Å². The van der Waals surface area contributed by atoms with Crippen molar-refractivity contribution in [2.45, 2.75) is 51.4 Å². The van der Waals surface area contributed by atoms with E-state index in [1.54, 1.807) is 0 Å². The first-order valence-corrected chi connectivity index (χ1v) is 7.15. The first-order chi connectivity index (χ1) is 9.03. The Morgan fingerprint density at radius 1 is 1.47 bits per heavy atom. The molecule has 0 aliphatic carbocycles. The number of aliphatic hydroxyl groups is 2. The van der Waals surface area contributed by atoms with Gasteiger partial charge in [-0.2, -0.15) is 5.10 Å². The van der Waals surface area contributed by atoms with Gasteiger partial charge in [0.2, 0.25) is 0 Å². The average molecular weight is 267 g/mol. The van der Waals surface area contributed by atoms with Crippen LogP contribution in [-0.2, 0) is 6.54 Å². The lowest BCUT2D eigenvalue weighted by atomic mass is 9.86. The molecule has 0 aromatic carbocycles. The van der Waals surface area contributed by atoms with E-state index in [1.807, 2.05) is 30.9 Å². The summed E-state index contributed by atoms with van der Waals surface area (Å²) in [6.45, 7) is 7.24. The van der Waals surface area contributed by atoms with Crippen LogP contribution in [0.1, 0.15) is 31.7 Å². The van der Waals surface area contributed by atoms with Crippen molar-refractivity contribution in [2.75, 3.05) is 19.6 Å². The largest absolute Gasteiger partial charge is 0.389 e. The van der Waals surface area contributed by atoms with Crippen LogP contribution in [0, 0.1) is 6.92 Å². The van der Waals surface area contributed by atoms with Crippen molar-refractivity contribution in [3.8, 4) is 0 Å². The van der Waals surface area contributed by atoms with Crippen LogP contribution in [0.2, 0.25) is 0 Å². The van der Waals surface area contributed by atoms with Crippen molar-refractivity contribution in [3.63, 3.8) is 0 Å². The van der Waals surface area contributed by atoms with E-state index < -0.39 is 11.7 Å². The molecule has 0 amide bonds. The summed E-state index contributed by atoms with van der Waals surface area (Å²) in [6, 6.07) is 0. The minimum Gasteiger partial charge on any atom is -0.389 e. The maximum atomic E-state index is 10.2. The normalized spacial score (nSPS) is 28.7. The second-order valence-electron chi connectivity index (χ2n) is 5.66. The van der Waals surface area contributed by atoms with E-state index in [1.165, 1.54) is 5.56 Å². The van der Waals surface area contributed by atoms with Gasteiger partial charge in [-0.1, -0.05) is 6.92 Å². The van der Waals surface area contributed by atoms with Crippen LogP contribution in [0.25, 0.3) is 0 Å². The van der Waals surface area contributed by atoms with E-state index in [2.05, 4.69) is 10.00 Å². The molecule has 2 atom stereocenters. The molecule has 1 fully saturated rings. The van der Waals surface area contributed by atoms with Crippen LogP contribution in [0.3, 0.4) is 0 Å². The Morgan fingerprint density at radius 3 is 2.84 bits per heavy atom. The predicted octanol–water partition coefficient (Wildman–Crippen LogP) is 0.789. The van der Waals surface area contributed by atoms with Crippen molar-refractivity contribution in [1.29, 1.82) is 0 Å². The summed E-state index contributed by atoms with van der Waals surface area (Å²) in [6.07, 6.45) is 5.57. The van der Waals surface area contributed by atoms with Crippen LogP contribution in [0.15, 0.2) is 12.4 Å². The van der Waals surface area contributed by atoms with Gasteiger partial charge in [0.15, 0.2) is 0 Å². The number of piperidine rings is 1. The summed E-state index contributed by atoms with van der Waals surface area (Å²) >= 11 is 0. The fourth-order valence-corrected chi connectivity index (χ4v) is 2.69. The highest BCUT2D eigenvalue weighted by Crippen LogP contribution is 2.25. The van der Waals surface area contributed by atoms with Crippen LogP contribution in [-0.4, -0.2) is 56.2 Å². The van der Waals surface area contributed by atoms with Gasteiger partial charge in [0.25, 0.3) is 0 Å². The molecular weight excluding hydrogens is 242 g/mol. The summed E-state index contributed by atoms with van der Waals surface area (Å²) in [5, 5.41) is 24.4. The zero-order valence-corrected chi connectivity index (χ0v) is 11.9. The second kappa shape index (κ2) is 6.03. The Morgan fingerprint density at radius 2 is 2.26 bits per heavy atom. The van der Waals surface area contributed by atoms with Crippen molar-refractivity contribution < 1.29 is 10.2 Å². The topological polar surface area (TPSA) is 61.5 Å². The van der Waals surface area contributed by atoms with Crippen molar-refractivity contribution in [1.82, 2.24) is 14.7 Å². The van der Waals surface area contributed by atoms with Crippen molar-refractivity contribution >= 4 is 0 Å². The van der Waals surface area contributed by atoms with Gasteiger partial charge in [-0.25, -0.2) is 0 Å². The molecule has 0 unspecified atom stereocenters. The molecule has 0 radical (unpaired) electrons. The van der Waals surface area contributed by atoms with E-state index in [9.17, 15) is 10.2 Å². The zero-order chi connectivity index (χ0) is 13.9. The molecular formula is C14H25N3O2. The molecule has 0 bridgehead atoms. The van der Waals surface area contributed by atoms with Crippen LogP contribution >= 0.6 is 0 Å². The molecule has 108 valence electrons. The number of hydrogen-bond donors (Lipinski definition) is 2. The summed E-state index contributed by atoms with van der Waals surface area (Å²) in [5.74, 6) is 0. The third-order valence-electron chi connectivity index (χ3n) is 4.15. The third kappa shape index (κ3) is 3.55. The number of likely N-dealkylation sites (tertiary alicyclic amines) is 1. The highest BCUT2D eigenvalue weighted by atomic mass is 16.3. The van der Waals surface area contributed by atoms with Crippen LogP contribution in [0.4, 0.5) is 0 Å². The molecule has 2 rings (SSSR count).